The zero-order valence-corrected chi connectivity index (χ0v) is 8.80. The minimum absolute atomic E-state index is 0.134. The van der Waals surface area contributed by atoms with Crippen LogP contribution < -0.4 is 4.74 Å². The molecule has 1 aromatic rings. The summed E-state index contributed by atoms with van der Waals surface area (Å²) in [4.78, 5) is 20.6. The number of ether oxygens (including phenoxy) is 1. The number of carbonyl (C=O) groups is 1. The van der Waals surface area contributed by atoms with Crippen molar-refractivity contribution >= 4 is 12.0 Å². The zero-order valence-electron chi connectivity index (χ0n) is 8.80. The van der Waals surface area contributed by atoms with Crippen LogP contribution in [0.1, 0.15) is 17.3 Å². The van der Waals surface area contributed by atoms with E-state index in [1.165, 1.54) is 18.2 Å². The summed E-state index contributed by atoms with van der Waals surface area (Å²) in [5.74, 6) is 0.323. The van der Waals surface area contributed by atoms with Crippen molar-refractivity contribution in [1.29, 1.82) is 0 Å². The van der Waals surface area contributed by atoms with Crippen LogP contribution >= 0.6 is 0 Å². The first kappa shape index (κ1) is 11.9. The third kappa shape index (κ3) is 2.91. The maximum absolute atomic E-state index is 10.7. The van der Waals surface area contributed by atoms with Crippen molar-refractivity contribution in [3.63, 3.8) is 0 Å². The molecule has 0 aromatic heterocycles. The number of rotatable bonds is 5. The lowest BCUT2D eigenvalue weighted by molar-refractivity contribution is -0.384. The quantitative estimate of drug-likeness (QED) is 0.331. The summed E-state index contributed by atoms with van der Waals surface area (Å²) < 4.78 is 5.27. The summed E-state index contributed by atoms with van der Waals surface area (Å²) in [6.07, 6.45) is 0.529. The largest absolute Gasteiger partial charge is 0.489 e. The lowest BCUT2D eigenvalue weighted by Crippen LogP contribution is -2.01. The minimum Gasteiger partial charge on any atom is -0.489 e. The highest BCUT2D eigenvalue weighted by Crippen LogP contribution is 2.22. The molecule has 0 heterocycles. The average molecular weight is 221 g/mol. The summed E-state index contributed by atoms with van der Waals surface area (Å²) in [6.45, 7) is 5.71. The molecule has 0 N–H and O–H groups in total. The van der Waals surface area contributed by atoms with E-state index in [9.17, 15) is 14.9 Å². The molecule has 5 heteroatoms. The normalized spacial score (nSPS) is 9.56. The Balaban J connectivity index is 2.97. The van der Waals surface area contributed by atoms with Crippen LogP contribution in [0.15, 0.2) is 30.4 Å². The van der Waals surface area contributed by atoms with Crippen LogP contribution in [0, 0.1) is 10.1 Å². The summed E-state index contributed by atoms with van der Waals surface area (Å²) in [6, 6.07) is 3.88. The van der Waals surface area contributed by atoms with Crippen molar-refractivity contribution in [2.24, 2.45) is 0 Å². The summed E-state index contributed by atoms with van der Waals surface area (Å²) in [5.41, 5.74) is 0.829. The van der Waals surface area contributed by atoms with Gasteiger partial charge in [-0.05, 0) is 18.6 Å². The lowest BCUT2D eigenvalue weighted by Gasteiger charge is -2.07. The van der Waals surface area contributed by atoms with E-state index in [4.69, 9.17) is 4.74 Å². The van der Waals surface area contributed by atoms with Gasteiger partial charge in [-0.15, -0.1) is 0 Å². The monoisotopic (exact) mass is 221 g/mol. The van der Waals surface area contributed by atoms with Gasteiger partial charge in [0.15, 0.2) is 6.29 Å². The van der Waals surface area contributed by atoms with Gasteiger partial charge in [-0.25, -0.2) is 0 Å². The van der Waals surface area contributed by atoms with Crippen molar-refractivity contribution in [3.05, 3.63) is 46.0 Å². The molecule has 0 fully saturated rings. The average Bonchev–Trinajstić information content (AvgIpc) is 2.25. The lowest BCUT2D eigenvalue weighted by atomic mass is 10.2. The van der Waals surface area contributed by atoms with Gasteiger partial charge in [0.1, 0.15) is 12.4 Å². The summed E-state index contributed by atoms with van der Waals surface area (Å²) >= 11 is 0. The molecule has 0 bridgehead atoms. The van der Waals surface area contributed by atoms with Crippen molar-refractivity contribution in [3.8, 4) is 5.75 Å². The number of carbonyl (C=O) groups excluding carboxylic acids is 1. The van der Waals surface area contributed by atoms with E-state index < -0.39 is 4.92 Å². The molecule has 0 saturated carbocycles. The fourth-order valence-corrected chi connectivity index (χ4v) is 1.07. The molecule has 0 aliphatic heterocycles. The van der Waals surface area contributed by atoms with Crippen LogP contribution in [0.3, 0.4) is 0 Å². The van der Waals surface area contributed by atoms with Crippen LogP contribution in [0.4, 0.5) is 5.69 Å². The smallest absolute Gasteiger partial charge is 0.270 e. The number of nitro benzene ring substituents is 1. The van der Waals surface area contributed by atoms with Crippen LogP contribution in [0.25, 0.3) is 0 Å². The molecule has 1 rings (SSSR count). The molecular formula is C11H11NO4. The van der Waals surface area contributed by atoms with E-state index in [0.717, 1.165) is 5.57 Å². The van der Waals surface area contributed by atoms with E-state index in [1.54, 1.807) is 6.92 Å². The molecule has 0 saturated heterocycles. The molecule has 16 heavy (non-hydrogen) atoms. The Bertz CT molecular complexity index is 440. The van der Waals surface area contributed by atoms with Gasteiger partial charge in [-0.1, -0.05) is 6.58 Å². The first-order valence-electron chi connectivity index (χ1n) is 4.55. The standard InChI is InChI=1S/C11H11NO4/c1-8(2)7-16-11-4-3-10(12(14)15)5-9(11)6-13/h3-6H,1,7H2,2H3. The maximum atomic E-state index is 10.7. The molecular weight excluding hydrogens is 210 g/mol. The number of aldehydes is 1. The first-order valence-corrected chi connectivity index (χ1v) is 4.55. The fraction of sp³-hybridized carbons (Fsp3) is 0.182. The molecule has 0 atom stereocenters. The Morgan fingerprint density at radius 1 is 1.62 bits per heavy atom. The number of nitro groups is 1. The van der Waals surface area contributed by atoms with Crippen molar-refractivity contribution in [2.45, 2.75) is 6.92 Å². The Morgan fingerprint density at radius 2 is 2.31 bits per heavy atom. The van der Waals surface area contributed by atoms with Crippen molar-refractivity contribution in [2.75, 3.05) is 6.61 Å². The molecule has 0 unspecified atom stereocenters. The minimum atomic E-state index is -0.560. The van der Waals surface area contributed by atoms with Gasteiger partial charge in [0.2, 0.25) is 0 Å². The maximum Gasteiger partial charge on any atom is 0.270 e. The number of benzene rings is 1. The predicted molar refractivity (Wildman–Crippen MR) is 58.8 cm³/mol. The van der Waals surface area contributed by atoms with Gasteiger partial charge in [0, 0.05) is 12.1 Å². The second-order valence-corrected chi connectivity index (χ2v) is 3.34. The first-order chi connectivity index (χ1) is 7.54. The van der Waals surface area contributed by atoms with Gasteiger partial charge < -0.3 is 4.74 Å². The fourth-order valence-electron chi connectivity index (χ4n) is 1.07. The topological polar surface area (TPSA) is 69.4 Å². The summed E-state index contributed by atoms with van der Waals surface area (Å²) in [5, 5.41) is 10.5. The third-order valence-electron chi connectivity index (χ3n) is 1.81. The predicted octanol–water partition coefficient (Wildman–Crippen LogP) is 2.36. The van der Waals surface area contributed by atoms with E-state index in [1.807, 2.05) is 0 Å². The van der Waals surface area contributed by atoms with Gasteiger partial charge in [0.25, 0.3) is 5.69 Å². The van der Waals surface area contributed by atoms with Crippen molar-refractivity contribution in [1.82, 2.24) is 0 Å². The van der Waals surface area contributed by atoms with Gasteiger partial charge in [-0.2, -0.15) is 0 Å². The highest BCUT2D eigenvalue weighted by Gasteiger charge is 2.10. The number of non-ortho nitro benzene ring substituents is 1. The van der Waals surface area contributed by atoms with Crippen LogP contribution in [0.5, 0.6) is 5.75 Å². The Kier molecular flexibility index (Phi) is 3.77. The molecule has 0 aliphatic carbocycles. The van der Waals surface area contributed by atoms with E-state index in [0.29, 0.717) is 12.0 Å². The Morgan fingerprint density at radius 3 is 2.81 bits per heavy atom. The zero-order chi connectivity index (χ0) is 12.1. The van der Waals surface area contributed by atoms with Gasteiger partial charge >= 0.3 is 0 Å². The summed E-state index contributed by atoms with van der Waals surface area (Å²) in [7, 11) is 0. The van der Waals surface area contributed by atoms with E-state index in [2.05, 4.69) is 6.58 Å². The molecule has 0 radical (unpaired) electrons. The van der Waals surface area contributed by atoms with Crippen LogP contribution in [-0.2, 0) is 0 Å². The third-order valence-corrected chi connectivity index (χ3v) is 1.81. The highest BCUT2D eigenvalue weighted by atomic mass is 16.6. The van der Waals surface area contributed by atoms with Gasteiger partial charge in [0.05, 0.1) is 10.5 Å². The molecule has 0 aliphatic rings. The second kappa shape index (κ2) is 5.06. The van der Waals surface area contributed by atoms with E-state index in [-0.39, 0.29) is 17.9 Å². The number of nitrogens with zero attached hydrogens (tertiary/aromatic N) is 1. The molecule has 1 aromatic carbocycles. The Hall–Kier alpha value is -2.17. The Labute approximate surface area is 92.5 Å². The van der Waals surface area contributed by atoms with E-state index >= 15 is 0 Å². The molecule has 84 valence electrons. The van der Waals surface area contributed by atoms with Crippen molar-refractivity contribution < 1.29 is 14.5 Å². The molecule has 0 spiro atoms. The number of hydrogen-bond acceptors (Lipinski definition) is 4. The highest BCUT2D eigenvalue weighted by molar-refractivity contribution is 5.80. The molecule has 5 nitrogen and oxygen atoms in total. The SMILES string of the molecule is C=C(C)COc1ccc([N+](=O)[O-])cc1C=O. The number of hydrogen-bond donors (Lipinski definition) is 0. The van der Waals surface area contributed by atoms with Crippen LogP contribution in [-0.4, -0.2) is 17.8 Å². The van der Waals surface area contributed by atoms with Crippen LogP contribution in [0.2, 0.25) is 0 Å². The second-order valence-electron chi connectivity index (χ2n) is 3.34. The van der Waals surface area contributed by atoms with Gasteiger partial charge in [-0.3, -0.25) is 14.9 Å². The molecule has 0 amide bonds.